The average Bonchev–Trinajstić information content (AvgIpc) is 2.46. The highest BCUT2D eigenvalue weighted by atomic mass is 15.2. The van der Waals surface area contributed by atoms with Crippen LogP contribution < -0.4 is 5.32 Å². The summed E-state index contributed by atoms with van der Waals surface area (Å²) in [4.78, 5) is 2.46. The van der Waals surface area contributed by atoms with E-state index in [-0.39, 0.29) is 5.54 Å². The number of nitrogens with zero attached hydrogens (tertiary/aromatic N) is 1. The maximum atomic E-state index is 4.30. The molecule has 0 radical (unpaired) electrons. The molecular weight excluding hydrogens is 172 g/mol. The molecule has 1 unspecified atom stereocenters. The molecule has 2 rings (SSSR count). The van der Waals surface area contributed by atoms with Crippen molar-refractivity contribution in [2.24, 2.45) is 0 Å². The van der Waals surface area contributed by atoms with Crippen molar-refractivity contribution in [1.82, 2.24) is 10.2 Å². The lowest BCUT2D eigenvalue weighted by atomic mass is 9.86. The van der Waals surface area contributed by atoms with Gasteiger partial charge in [-0.05, 0) is 46.1 Å². The lowest BCUT2D eigenvalue weighted by Gasteiger charge is -2.37. The van der Waals surface area contributed by atoms with E-state index in [1.165, 1.54) is 44.5 Å². The van der Waals surface area contributed by atoms with Crippen molar-refractivity contribution in [3.8, 4) is 0 Å². The normalized spacial score (nSPS) is 33.4. The van der Waals surface area contributed by atoms with Crippen LogP contribution in [0.2, 0.25) is 0 Å². The Bertz CT molecular complexity index is 226. The molecule has 2 fully saturated rings. The first-order valence-electron chi connectivity index (χ1n) is 5.87. The Kier molecular flexibility index (Phi) is 2.56. The van der Waals surface area contributed by atoms with Crippen LogP contribution in [0.5, 0.6) is 0 Å². The Morgan fingerprint density at radius 2 is 2.14 bits per heavy atom. The van der Waals surface area contributed by atoms with E-state index in [0.717, 1.165) is 0 Å². The predicted molar refractivity (Wildman–Crippen MR) is 60.2 cm³/mol. The molecule has 0 aliphatic carbocycles. The zero-order chi connectivity index (χ0) is 10.2. The van der Waals surface area contributed by atoms with E-state index in [9.17, 15) is 0 Å². The van der Waals surface area contributed by atoms with E-state index in [4.69, 9.17) is 0 Å². The molecule has 0 bridgehead atoms. The fourth-order valence-electron chi connectivity index (χ4n) is 2.86. The number of piperidine rings is 1. The molecule has 80 valence electrons. The molecule has 0 aromatic carbocycles. The largest absolute Gasteiger partial charge is 0.371 e. The third-order valence-corrected chi connectivity index (χ3v) is 3.80. The topological polar surface area (TPSA) is 15.3 Å². The maximum Gasteiger partial charge on any atom is 0.0596 e. The molecule has 1 N–H and O–H groups in total. The Labute approximate surface area is 87.4 Å². The van der Waals surface area contributed by atoms with Gasteiger partial charge in [-0.1, -0.05) is 6.58 Å². The first-order valence-corrected chi connectivity index (χ1v) is 5.87. The van der Waals surface area contributed by atoms with E-state index in [0.29, 0.717) is 6.04 Å². The van der Waals surface area contributed by atoms with E-state index < -0.39 is 0 Å². The second-order valence-corrected chi connectivity index (χ2v) is 4.95. The summed E-state index contributed by atoms with van der Waals surface area (Å²) in [5.41, 5.74) is 1.61. The number of likely N-dealkylation sites (tertiary alicyclic amines) is 1. The quantitative estimate of drug-likeness (QED) is 0.688. The third-order valence-electron chi connectivity index (χ3n) is 3.80. The summed E-state index contributed by atoms with van der Waals surface area (Å²) >= 11 is 0. The number of nitrogens with one attached hydrogen (secondary N) is 1. The number of rotatable bonds is 1. The molecule has 14 heavy (non-hydrogen) atoms. The van der Waals surface area contributed by atoms with E-state index in [1.807, 2.05) is 0 Å². The third kappa shape index (κ3) is 1.46. The summed E-state index contributed by atoms with van der Waals surface area (Å²) in [7, 11) is 0. The lowest BCUT2D eigenvalue weighted by molar-refractivity contribution is 0.279. The smallest absolute Gasteiger partial charge is 0.0596 e. The first kappa shape index (κ1) is 10.0. The SMILES string of the molecule is C=C1N(C(C)C)CCC12CCCCN2. The molecule has 2 nitrogen and oxygen atoms in total. The van der Waals surface area contributed by atoms with Gasteiger partial charge in [0.25, 0.3) is 0 Å². The summed E-state index contributed by atoms with van der Waals surface area (Å²) < 4.78 is 0. The van der Waals surface area contributed by atoms with Crippen LogP contribution in [0.1, 0.15) is 39.5 Å². The van der Waals surface area contributed by atoms with E-state index in [1.54, 1.807) is 0 Å². The van der Waals surface area contributed by atoms with Gasteiger partial charge in [0.15, 0.2) is 0 Å². The van der Waals surface area contributed by atoms with Crippen LogP contribution in [-0.2, 0) is 0 Å². The summed E-state index contributed by atoms with van der Waals surface area (Å²) in [5.74, 6) is 0. The fourth-order valence-corrected chi connectivity index (χ4v) is 2.86. The van der Waals surface area contributed by atoms with Crippen molar-refractivity contribution in [3.63, 3.8) is 0 Å². The van der Waals surface area contributed by atoms with Gasteiger partial charge in [-0.2, -0.15) is 0 Å². The highest BCUT2D eigenvalue weighted by Gasteiger charge is 2.42. The van der Waals surface area contributed by atoms with Gasteiger partial charge in [-0.25, -0.2) is 0 Å². The molecule has 0 amide bonds. The van der Waals surface area contributed by atoms with E-state index >= 15 is 0 Å². The monoisotopic (exact) mass is 194 g/mol. The molecule has 2 heteroatoms. The van der Waals surface area contributed by atoms with Crippen LogP contribution in [0, 0.1) is 0 Å². The summed E-state index contributed by atoms with van der Waals surface area (Å²) in [6.07, 6.45) is 5.23. The highest BCUT2D eigenvalue weighted by molar-refractivity contribution is 5.22. The minimum Gasteiger partial charge on any atom is -0.371 e. The Hall–Kier alpha value is -0.500. The fraction of sp³-hybridized carbons (Fsp3) is 0.833. The van der Waals surface area contributed by atoms with Gasteiger partial charge < -0.3 is 10.2 Å². The predicted octanol–water partition coefficient (Wildman–Crippen LogP) is 2.13. The van der Waals surface area contributed by atoms with Gasteiger partial charge in [-0.3, -0.25) is 0 Å². The van der Waals surface area contributed by atoms with Crippen LogP contribution in [0.3, 0.4) is 0 Å². The number of hydrogen-bond donors (Lipinski definition) is 1. The standard InChI is InChI=1S/C12H22N2/c1-10(2)14-9-7-12(11(14)3)6-4-5-8-13-12/h10,13H,3-9H2,1-2H3. The Morgan fingerprint density at radius 3 is 2.64 bits per heavy atom. The van der Waals surface area contributed by atoms with Crippen molar-refractivity contribution in [3.05, 3.63) is 12.3 Å². The molecule has 0 saturated carbocycles. The molecular formula is C12H22N2. The highest BCUT2D eigenvalue weighted by Crippen LogP contribution is 2.38. The van der Waals surface area contributed by atoms with Crippen LogP contribution >= 0.6 is 0 Å². The molecule has 2 aliphatic rings. The first-order chi connectivity index (χ1) is 6.66. The molecule has 1 atom stereocenters. The van der Waals surface area contributed by atoms with Gasteiger partial charge in [0, 0.05) is 18.3 Å². The zero-order valence-corrected chi connectivity index (χ0v) is 9.47. The van der Waals surface area contributed by atoms with Gasteiger partial charge in [0.05, 0.1) is 5.54 Å². The summed E-state index contributed by atoms with van der Waals surface area (Å²) in [6.45, 7) is 11.2. The van der Waals surface area contributed by atoms with Crippen LogP contribution in [0.15, 0.2) is 12.3 Å². The second-order valence-electron chi connectivity index (χ2n) is 4.95. The molecule has 0 aromatic heterocycles. The number of hydrogen-bond acceptors (Lipinski definition) is 2. The van der Waals surface area contributed by atoms with Gasteiger partial charge in [0.1, 0.15) is 0 Å². The minimum atomic E-state index is 0.266. The molecule has 0 aromatic rings. The van der Waals surface area contributed by atoms with Crippen LogP contribution in [0.25, 0.3) is 0 Å². The van der Waals surface area contributed by atoms with Crippen molar-refractivity contribution >= 4 is 0 Å². The second kappa shape index (κ2) is 3.58. The van der Waals surface area contributed by atoms with E-state index in [2.05, 4.69) is 30.6 Å². The van der Waals surface area contributed by atoms with Crippen molar-refractivity contribution in [1.29, 1.82) is 0 Å². The van der Waals surface area contributed by atoms with Crippen molar-refractivity contribution < 1.29 is 0 Å². The average molecular weight is 194 g/mol. The molecule has 2 heterocycles. The maximum absolute atomic E-state index is 4.30. The molecule has 1 spiro atoms. The van der Waals surface area contributed by atoms with Crippen LogP contribution in [0.4, 0.5) is 0 Å². The van der Waals surface area contributed by atoms with Crippen molar-refractivity contribution in [2.45, 2.75) is 51.1 Å². The van der Waals surface area contributed by atoms with Gasteiger partial charge >= 0.3 is 0 Å². The lowest BCUT2D eigenvalue weighted by Crippen LogP contribution is -2.49. The molecule has 2 aliphatic heterocycles. The van der Waals surface area contributed by atoms with Crippen molar-refractivity contribution in [2.75, 3.05) is 13.1 Å². The summed E-state index contributed by atoms with van der Waals surface area (Å²) in [5, 5.41) is 3.69. The summed E-state index contributed by atoms with van der Waals surface area (Å²) in [6, 6.07) is 0.602. The molecule has 2 saturated heterocycles. The Balaban J connectivity index is 2.11. The van der Waals surface area contributed by atoms with Gasteiger partial charge in [0.2, 0.25) is 0 Å². The Morgan fingerprint density at radius 1 is 1.36 bits per heavy atom. The van der Waals surface area contributed by atoms with Gasteiger partial charge in [-0.15, -0.1) is 0 Å². The minimum absolute atomic E-state index is 0.266. The van der Waals surface area contributed by atoms with Crippen LogP contribution in [-0.4, -0.2) is 29.6 Å². The zero-order valence-electron chi connectivity index (χ0n) is 9.47.